The quantitative estimate of drug-likeness (QED) is 0.512. The summed E-state index contributed by atoms with van der Waals surface area (Å²) >= 11 is 0. The molecule has 34 heavy (non-hydrogen) atoms. The largest absolute Gasteiger partial charge is 0.507 e. The van der Waals surface area contributed by atoms with Gasteiger partial charge in [-0.2, -0.15) is 5.10 Å². The average molecular weight is 468 g/mol. The zero-order valence-corrected chi connectivity index (χ0v) is 20.4. The highest BCUT2D eigenvalue weighted by Crippen LogP contribution is 2.41. The predicted molar refractivity (Wildman–Crippen MR) is 131 cm³/mol. The smallest absolute Gasteiger partial charge is 0.161 e. The number of phenols is 1. The number of hydrogen-bond donors (Lipinski definition) is 2. The van der Waals surface area contributed by atoms with Crippen molar-refractivity contribution in [2.75, 3.05) is 40.5 Å². The minimum Gasteiger partial charge on any atom is -0.507 e. The Morgan fingerprint density at radius 3 is 2.47 bits per heavy atom. The van der Waals surface area contributed by atoms with Crippen LogP contribution in [0.1, 0.15) is 19.5 Å². The van der Waals surface area contributed by atoms with Crippen molar-refractivity contribution in [3.05, 3.63) is 42.1 Å². The second-order valence-corrected chi connectivity index (χ2v) is 8.69. The van der Waals surface area contributed by atoms with Crippen LogP contribution in [0.5, 0.6) is 23.0 Å². The summed E-state index contributed by atoms with van der Waals surface area (Å²) in [6.45, 7) is 9.27. The number of nitrogens with one attached hydrogen (secondary N) is 1. The molecule has 2 atom stereocenters. The number of ether oxygens (including phenoxy) is 4. The molecular formula is C26H33N3O5. The van der Waals surface area contributed by atoms with E-state index in [9.17, 15) is 5.11 Å². The molecule has 1 aliphatic heterocycles. The third-order valence-corrected chi connectivity index (χ3v) is 6.02. The van der Waals surface area contributed by atoms with E-state index in [0.717, 1.165) is 36.5 Å². The number of nitrogens with zero attached hydrogens (tertiary/aromatic N) is 2. The maximum Gasteiger partial charge on any atom is 0.161 e. The van der Waals surface area contributed by atoms with Crippen LogP contribution in [0.4, 0.5) is 0 Å². The summed E-state index contributed by atoms with van der Waals surface area (Å²) in [6, 6.07) is 11.1. The average Bonchev–Trinajstić information content (AvgIpc) is 3.19. The van der Waals surface area contributed by atoms with Crippen LogP contribution in [-0.4, -0.2) is 72.9 Å². The van der Waals surface area contributed by atoms with Crippen LogP contribution in [0.15, 0.2) is 36.4 Å². The molecule has 1 aliphatic rings. The fraction of sp³-hybridized carbons (Fsp3) is 0.423. The van der Waals surface area contributed by atoms with Gasteiger partial charge in [-0.25, -0.2) is 0 Å². The van der Waals surface area contributed by atoms with Crippen LogP contribution in [-0.2, 0) is 4.74 Å². The lowest BCUT2D eigenvalue weighted by molar-refractivity contribution is -0.0699. The van der Waals surface area contributed by atoms with Crippen molar-refractivity contribution in [3.63, 3.8) is 0 Å². The van der Waals surface area contributed by atoms with Gasteiger partial charge in [-0.3, -0.25) is 10.00 Å². The molecule has 0 radical (unpaired) electrons. The Labute approximate surface area is 200 Å². The Balaban J connectivity index is 1.51. The summed E-state index contributed by atoms with van der Waals surface area (Å²) in [4.78, 5) is 2.34. The first kappa shape index (κ1) is 23.9. The Hall–Kier alpha value is -3.23. The van der Waals surface area contributed by atoms with Crippen molar-refractivity contribution in [3.8, 4) is 45.4 Å². The number of aryl methyl sites for hydroxylation is 1. The lowest BCUT2D eigenvalue weighted by Gasteiger charge is -2.35. The van der Waals surface area contributed by atoms with Gasteiger partial charge < -0.3 is 24.1 Å². The fourth-order valence-corrected chi connectivity index (χ4v) is 4.53. The molecule has 0 aliphatic carbocycles. The van der Waals surface area contributed by atoms with E-state index in [1.807, 2.05) is 37.3 Å². The number of methoxy groups -OCH3 is 2. The number of morpholine rings is 1. The number of H-pyrrole nitrogens is 1. The van der Waals surface area contributed by atoms with Gasteiger partial charge in [0.1, 0.15) is 23.8 Å². The highest BCUT2D eigenvalue weighted by Gasteiger charge is 2.22. The van der Waals surface area contributed by atoms with E-state index in [0.29, 0.717) is 35.1 Å². The van der Waals surface area contributed by atoms with Crippen LogP contribution in [0.25, 0.3) is 22.4 Å². The highest BCUT2D eigenvalue weighted by molar-refractivity contribution is 5.86. The molecule has 0 spiro atoms. The van der Waals surface area contributed by atoms with Crippen LogP contribution < -0.4 is 14.2 Å². The molecule has 2 aromatic carbocycles. The Kier molecular flexibility index (Phi) is 7.29. The van der Waals surface area contributed by atoms with Crippen LogP contribution in [0.2, 0.25) is 0 Å². The number of hydrogen-bond acceptors (Lipinski definition) is 7. The monoisotopic (exact) mass is 467 g/mol. The fourth-order valence-electron chi connectivity index (χ4n) is 4.53. The number of benzene rings is 2. The summed E-state index contributed by atoms with van der Waals surface area (Å²) < 4.78 is 22.5. The van der Waals surface area contributed by atoms with E-state index in [1.165, 1.54) is 0 Å². The van der Waals surface area contributed by atoms with Crippen LogP contribution in [0, 0.1) is 6.92 Å². The lowest BCUT2D eigenvalue weighted by Crippen LogP contribution is -2.46. The third kappa shape index (κ3) is 5.13. The Morgan fingerprint density at radius 1 is 1.06 bits per heavy atom. The number of aromatic nitrogens is 2. The number of aromatic hydroxyl groups is 1. The van der Waals surface area contributed by atoms with Gasteiger partial charge in [0.2, 0.25) is 0 Å². The van der Waals surface area contributed by atoms with E-state index >= 15 is 0 Å². The van der Waals surface area contributed by atoms with Crippen molar-refractivity contribution in [1.82, 2.24) is 15.1 Å². The number of aromatic amines is 1. The molecule has 1 fully saturated rings. The van der Waals surface area contributed by atoms with Crippen molar-refractivity contribution in [2.24, 2.45) is 0 Å². The van der Waals surface area contributed by atoms with E-state index in [4.69, 9.17) is 18.9 Å². The SMILES string of the molecule is COc1ccc(-c2c(-c3ccc(OCCN4CC(C)OC(C)C4)cc3O)n[nH]c2C)cc1OC. The lowest BCUT2D eigenvalue weighted by atomic mass is 9.98. The minimum absolute atomic E-state index is 0.111. The molecule has 1 saturated heterocycles. The molecule has 8 nitrogen and oxygen atoms in total. The molecule has 1 aromatic heterocycles. The molecule has 3 aromatic rings. The Morgan fingerprint density at radius 2 is 1.79 bits per heavy atom. The standard InChI is InChI=1S/C26H33N3O5/c1-16-14-29(15-17(2)34-16)10-11-33-20-7-8-21(22(30)13-20)26-25(18(3)27-28-26)19-6-9-23(31-4)24(12-19)32-5/h6-9,12-13,16-17,30H,10-11,14-15H2,1-5H3,(H,27,28). The van der Waals surface area contributed by atoms with Crippen molar-refractivity contribution in [1.29, 1.82) is 0 Å². The molecule has 8 heteroatoms. The van der Waals surface area contributed by atoms with Gasteiger partial charge in [0, 0.05) is 42.5 Å². The first-order valence-electron chi connectivity index (χ1n) is 11.5. The van der Waals surface area contributed by atoms with E-state index in [-0.39, 0.29) is 18.0 Å². The zero-order chi connectivity index (χ0) is 24.2. The molecule has 0 bridgehead atoms. The van der Waals surface area contributed by atoms with E-state index in [2.05, 4.69) is 28.9 Å². The number of rotatable bonds is 8. The van der Waals surface area contributed by atoms with Gasteiger partial charge in [0.05, 0.1) is 26.4 Å². The Bertz CT molecular complexity index is 1120. The summed E-state index contributed by atoms with van der Waals surface area (Å²) in [5.74, 6) is 2.01. The predicted octanol–water partition coefficient (Wildman–Crippen LogP) is 4.26. The molecule has 182 valence electrons. The van der Waals surface area contributed by atoms with E-state index < -0.39 is 0 Å². The second kappa shape index (κ2) is 10.4. The normalized spacial score (nSPS) is 18.6. The van der Waals surface area contributed by atoms with Gasteiger partial charge in [-0.05, 0) is 50.6 Å². The summed E-state index contributed by atoms with van der Waals surface area (Å²) in [7, 11) is 3.21. The maximum atomic E-state index is 10.8. The maximum absolute atomic E-state index is 10.8. The van der Waals surface area contributed by atoms with Crippen LogP contribution in [0.3, 0.4) is 0 Å². The molecular weight excluding hydrogens is 434 g/mol. The topological polar surface area (TPSA) is 89.1 Å². The van der Waals surface area contributed by atoms with Crippen LogP contribution >= 0.6 is 0 Å². The molecule has 2 N–H and O–H groups in total. The van der Waals surface area contributed by atoms with Gasteiger partial charge in [0.25, 0.3) is 0 Å². The molecule has 2 heterocycles. The van der Waals surface area contributed by atoms with Crippen molar-refractivity contribution < 1.29 is 24.1 Å². The van der Waals surface area contributed by atoms with Gasteiger partial charge in [0.15, 0.2) is 11.5 Å². The van der Waals surface area contributed by atoms with Gasteiger partial charge in [-0.1, -0.05) is 6.07 Å². The molecule has 0 saturated carbocycles. The van der Waals surface area contributed by atoms with Gasteiger partial charge in [-0.15, -0.1) is 0 Å². The van der Waals surface area contributed by atoms with E-state index in [1.54, 1.807) is 20.3 Å². The minimum atomic E-state index is 0.111. The summed E-state index contributed by atoms with van der Waals surface area (Å²) in [5.41, 5.74) is 3.96. The van der Waals surface area contributed by atoms with Gasteiger partial charge >= 0.3 is 0 Å². The highest BCUT2D eigenvalue weighted by atomic mass is 16.5. The first-order valence-corrected chi connectivity index (χ1v) is 11.5. The molecule has 2 unspecified atom stereocenters. The molecule has 0 amide bonds. The summed E-state index contributed by atoms with van der Waals surface area (Å²) in [5, 5.41) is 18.3. The van der Waals surface area contributed by atoms with Crippen molar-refractivity contribution >= 4 is 0 Å². The first-order chi connectivity index (χ1) is 16.4. The zero-order valence-electron chi connectivity index (χ0n) is 20.4. The number of phenolic OH excluding ortho intramolecular Hbond substituents is 1. The van der Waals surface area contributed by atoms with Crippen molar-refractivity contribution in [2.45, 2.75) is 33.0 Å². The molecule has 4 rings (SSSR count). The second-order valence-electron chi connectivity index (χ2n) is 8.69. The summed E-state index contributed by atoms with van der Waals surface area (Å²) in [6.07, 6.45) is 0.452. The third-order valence-electron chi connectivity index (χ3n) is 6.02.